The summed E-state index contributed by atoms with van der Waals surface area (Å²) in [5.41, 5.74) is 0. The molecule has 0 radical (unpaired) electrons. The molecule has 3 aromatic rings. The summed E-state index contributed by atoms with van der Waals surface area (Å²) in [4.78, 5) is 0.330. The van der Waals surface area contributed by atoms with Crippen LogP contribution in [0.15, 0.2) is 89.8 Å². The molecule has 0 bridgehead atoms. The normalized spacial score (nSPS) is 10.5. The molecule has 0 heterocycles. The van der Waals surface area contributed by atoms with Gasteiger partial charge in [0.15, 0.2) is 0 Å². The van der Waals surface area contributed by atoms with Gasteiger partial charge in [0, 0.05) is 0 Å². The van der Waals surface area contributed by atoms with E-state index >= 15 is 0 Å². The molecule has 2 nitrogen and oxygen atoms in total. The first kappa shape index (κ1) is 18.4. The summed E-state index contributed by atoms with van der Waals surface area (Å²) in [5, 5.41) is 3.45. The summed E-state index contributed by atoms with van der Waals surface area (Å²) in [6, 6.07) is 27.6. The van der Waals surface area contributed by atoms with Crippen molar-refractivity contribution >= 4 is 34.5 Å². The monoisotopic (exact) mass is 348 g/mol. The number of rotatable bonds is 4. The molecule has 0 aliphatic heterocycles. The average molecular weight is 348 g/mol. The quantitative estimate of drug-likeness (QED) is 0.381. The van der Waals surface area contributed by atoms with Crippen LogP contribution in [-0.4, -0.2) is 0 Å². The molecule has 0 saturated carbocycles. The molecular weight excluding hydrogens is 334 g/mol. The Morgan fingerprint density at radius 2 is 1.09 bits per heavy atom. The maximum absolute atomic E-state index is 11.3. The predicted octanol–water partition coefficient (Wildman–Crippen LogP) is 0.117. The van der Waals surface area contributed by atoms with Crippen LogP contribution in [0.5, 0.6) is 0 Å². The van der Waals surface area contributed by atoms with Crippen molar-refractivity contribution < 1.29 is 38.0 Å². The fourth-order valence-electron chi connectivity index (χ4n) is 2.33. The molecule has 3 rings (SSSR count). The molecule has 0 saturated heterocycles. The fraction of sp³-hybridized carbons (Fsp3) is 0. The van der Waals surface area contributed by atoms with Gasteiger partial charge in [0.2, 0.25) is 0 Å². The van der Waals surface area contributed by atoms with Crippen molar-refractivity contribution in [2.24, 2.45) is 0 Å². The minimum absolute atomic E-state index is 0. The van der Waals surface area contributed by atoms with Gasteiger partial charge < -0.3 is 8.42 Å². The Labute approximate surface area is 161 Å². The average Bonchev–Trinajstić information content (AvgIpc) is 2.57. The smallest absolute Gasteiger partial charge is 0.420 e. The Morgan fingerprint density at radius 3 is 1.57 bits per heavy atom. The minimum Gasteiger partial charge on any atom is -0.420 e. The van der Waals surface area contributed by atoms with E-state index in [0.717, 1.165) is 5.30 Å². The van der Waals surface area contributed by atoms with Gasteiger partial charge in [0.05, 0.1) is 0 Å². The summed E-state index contributed by atoms with van der Waals surface area (Å²) < 4.78 is 22.5. The summed E-state index contributed by atoms with van der Waals surface area (Å²) in [6.45, 7) is 0. The van der Waals surface area contributed by atoms with E-state index in [2.05, 4.69) is 24.3 Å². The molecule has 0 aliphatic rings. The van der Waals surface area contributed by atoms with Crippen LogP contribution in [0.25, 0.3) is 0 Å². The number of hydrogen-bond acceptors (Lipinski definition) is 3. The SMILES string of the molecule is O=[S-](=O)c1cccc(P(c2ccccc2)c2ccccc2)c1.[Na+]. The second-order valence-electron chi connectivity index (χ2n) is 4.74. The molecule has 0 aliphatic carbocycles. The molecule has 23 heavy (non-hydrogen) atoms. The fourth-order valence-corrected chi connectivity index (χ4v) is 5.17. The summed E-state index contributed by atoms with van der Waals surface area (Å²) in [6.07, 6.45) is 0. The van der Waals surface area contributed by atoms with Crippen molar-refractivity contribution in [1.82, 2.24) is 0 Å². The topological polar surface area (TPSA) is 34.1 Å². The van der Waals surface area contributed by atoms with E-state index in [9.17, 15) is 8.42 Å². The van der Waals surface area contributed by atoms with Gasteiger partial charge in [0.1, 0.15) is 0 Å². The Morgan fingerprint density at radius 1 is 0.609 bits per heavy atom. The van der Waals surface area contributed by atoms with Crippen molar-refractivity contribution in [3.8, 4) is 0 Å². The van der Waals surface area contributed by atoms with Crippen LogP contribution in [0.4, 0.5) is 0 Å². The minimum atomic E-state index is -2.21. The largest absolute Gasteiger partial charge is 1.00 e. The van der Waals surface area contributed by atoms with Crippen molar-refractivity contribution in [3.63, 3.8) is 0 Å². The summed E-state index contributed by atoms with van der Waals surface area (Å²) >= 11 is 0. The molecule has 110 valence electrons. The Hall–Kier alpha value is -0.960. The van der Waals surface area contributed by atoms with Crippen molar-refractivity contribution in [1.29, 1.82) is 0 Å². The van der Waals surface area contributed by atoms with E-state index in [1.54, 1.807) is 12.1 Å². The standard InChI is InChI=1S/C18H14O2PS.Na/c19-22(20)18-13-7-12-17(14-18)21(15-8-3-1-4-9-15)16-10-5-2-6-11-16;/h1-14H;/q-1;+1. The Bertz CT molecular complexity index is 788. The van der Waals surface area contributed by atoms with Crippen molar-refractivity contribution in [2.75, 3.05) is 0 Å². The van der Waals surface area contributed by atoms with Gasteiger partial charge in [-0.1, -0.05) is 89.8 Å². The number of benzene rings is 3. The second kappa shape index (κ2) is 8.77. The first-order valence-corrected chi connectivity index (χ1v) is 9.27. The molecule has 0 amide bonds. The van der Waals surface area contributed by atoms with Gasteiger partial charge in [-0.15, -0.1) is 0 Å². The number of hydrogen-bond donors (Lipinski definition) is 0. The molecule has 0 unspecified atom stereocenters. The maximum atomic E-state index is 11.3. The van der Waals surface area contributed by atoms with Crippen LogP contribution in [-0.2, 0) is 19.1 Å². The van der Waals surface area contributed by atoms with Crippen LogP contribution < -0.4 is 45.5 Å². The van der Waals surface area contributed by atoms with E-state index in [-0.39, 0.29) is 29.6 Å². The van der Waals surface area contributed by atoms with Crippen LogP contribution >= 0.6 is 7.92 Å². The Balaban J connectivity index is 0.00000192. The predicted molar refractivity (Wildman–Crippen MR) is 92.2 cm³/mol. The van der Waals surface area contributed by atoms with Gasteiger partial charge in [0.25, 0.3) is 0 Å². The van der Waals surface area contributed by atoms with Crippen LogP contribution in [0, 0.1) is 0 Å². The van der Waals surface area contributed by atoms with E-state index in [4.69, 9.17) is 0 Å². The zero-order valence-corrected chi connectivity index (χ0v) is 16.5. The molecular formula is C18H14NaO2PS. The van der Waals surface area contributed by atoms with Crippen molar-refractivity contribution in [3.05, 3.63) is 84.9 Å². The molecule has 3 aromatic carbocycles. The Kier molecular flexibility index (Phi) is 7.01. The van der Waals surface area contributed by atoms with Crippen molar-refractivity contribution in [2.45, 2.75) is 4.90 Å². The van der Waals surface area contributed by atoms with Crippen LogP contribution in [0.2, 0.25) is 0 Å². The molecule has 5 heteroatoms. The third-order valence-electron chi connectivity index (χ3n) is 3.30. The summed E-state index contributed by atoms with van der Waals surface area (Å²) in [7, 11) is -2.97. The van der Waals surface area contributed by atoms with E-state index < -0.39 is 18.6 Å². The van der Waals surface area contributed by atoms with Gasteiger partial charge >= 0.3 is 29.6 Å². The van der Waals surface area contributed by atoms with E-state index in [1.807, 2.05) is 48.5 Å². The zero-order chi connectivity index (χ0) is 15.4. The van der Waals surface area contributed by atoms with Crippen LogP contribution in [0.1, 0.15) is 0 Å². The molecule has 0 fully saturated rings. The molecule has 0 aromatic heterocycles. The van der Waals surface area contributed by atoms with Gasteiger partial charge in [-0.05, 0) is 34.5 Å². The second-order valence-corrected chi connectivity index (χ2v) is 7.90. The van der Waals surface area contributed by atoms with Crippen LogP contribution in [0.3, 0.4) is 0 Å². The third kappa shape index (κ3) is 4.53. The van der Waals surface area contributed by atoms with Gasteiger partial charge in [-0.2, -0.15) is 0 Å². The van der Waals surface area contributed by atoms with E-state index in [0.29, 0.717) is 4.90 Å². The molecule has 0 N–H and O–H groups in total. The van der Waals surface area contributed by atoms with E-state index in [1.165, 1.54) is 10.6 Å². The molecule has 0 spiro atoms. The zero-order valence-electron chi connectivity index (χ0n) is 12.8. The summed E-state index contributed by atoms with van der Waals surface area (Å²) in [5.74, 6) is 0. The van der Waals surface area contributed by atoms with Gasteiger partial charge in [-0.3, -0.25) is 0 Å². The first-order chi connectivity index (χ1) is 10.8. The van der Waals surface area contributed by atoms with Gasteiger partial charge in [-0.25, -0.2) is 0 Å². The molecule has 0 atom stereocenters. The first-order valence-electron chi connectivity index (χ1n) is 6.85. The maximum Gasteiger partial charge on any atom is 1.00 e. The third-order valence-corrected chi connectivity index (χ3v) is 6.36.